The minimum absolute atomic E-state index is 0.342. The number of nitrogens with zero attached hydrogens (tertiary/aromatic N) is 1. The van der Waals surface area contributed by atoms with Crippen molar-refractivity contribution in [2.45, 2.75) is 13.8 Å². The monoisotopic (exact) mass is 317 g/mol. The third-order valence-electron chi connectivity index (χ3n) is 3.69. The Morgan fingerprint density at radius 1 is 0.833 bits per heavy atom. The van der Waals surface area contributed by atoms with E-state index in [1.807, 2.05) is 80.6 Å². The summed E-state index contributed by atoms with van der Waals surface area (Å²) in [5.74, 6) is 1.93. The van der Waals surface area contributed by atoms with Crippen LogP contribution in [0, 0.1) is 13.8 Å². The number of hydrogen-bond donors (Lipinski definition) is 1. The summed E-state index contributed by atoms with van der Waals surface area (Å²) in [7, 11) is 0. The number of aliphatic imine (C=N–C) groups is 1. The summed E-state index contributed by atoms with van der Waals surface area (Å²) in [6, 6.07) is 21.1. The second-order valence-electron chi connectivity index (χ2n) is 5.67. The highest BCUT2D eigenvalue weighted by Crippen LogP contribution is 2.25. The third-order valence-corrected chi connectivity index (χ3v) is 3.69. The zero-order valence-corrected chi connectivity index (χ0v) is 13.7. The Morgan fingerprint density at radius 3 is 2.04 bits per heavy atom. The lowest BCUT2D eigenvalue weighted by Crippen LogP contribution is -1.87. The van der Waals surface area contributed by atoms with Crippen LogP contribution in [0.4, 0.5) is 5.69 Å². The van der Waals surface area contributed by atoms with Crippen LogP contribution >= 0.6 is 0 Å². The molecule has 24 heavy (non-hydrogen) atoms. The molecule has 0 bridgehead atoms. The predicted octanol–water partition coefficient (Wildman–Crippen LogP) is 5.55. The molecule has 0 aliphatic rings. The van der Waals surface area contributed by atoms with Gasteiger partial charge in [-0.1, -0.05) is 18.2 Å². The standard InChI is InChI=1S/C21H19NO2/c1-15-12-17(13-16(2)21(15)23)14-22-18-8-10-20(11-9-18)24-19-6-4-3-5-7-19/h3-14,23H,1-2H3. The normalized spacial score (nSPS) is 10.9. The van der Waals surface area contributed by atoms with Crippen molar-refractivity contribution in [1.82, 2.24) is 0 Å². The van der Waals surface area contributed by atoms with Crippen molar-refractivity contribution in [2.75, 3.05) is 0 Å². The molecule has 1 N–H and O–H groups in total. The van der Waals surface area contributed by atoms with E-state index < -0.39 is 0 Å². The molecular weight excluding hydrogens is 298 g/mol. The van der Waals surface area contributed by atoms with Crippen molar-refractivity contribution >= 4 is 11.9 Å². The van der Waals surface area contributed by atoms with E-state index in [1.54, 1.807) is 6.21 Å². The van der Waals surface area contributed by atoms with Gasteiger partial charge in [0.2, 0.25) is 0 Å². The molecule has 0 saturated heterocycles. The van der Waals surface area contributed by atoms with Gasteiger partial charge in [0.25, 0.3) is 0 Å². The van der Waals surface area contributed by atoms with E-state index in [4.69, 9.17) is 4.74 Å². The number of aryl methyl sites for hydroxylation is 2. The van der Waals surface area contributed by atoms with Crippen LogP contribution in [-0.2, 0) is 0 Å². The molecule has 0 amide bonds. The van der Waals surface area contributed by atoms with Crippen molar-refractivity contribution in [3.63, 3.8) is 0 Å². The molecule has 0 fully saturated rings. The van der Waals surface area contributed by atoms with Crippen molar-refractivity contribution in [3.05, 3.63) is 83.4 Å². The van der Waals surface area contributed by atoms with Crippen molar-refractivity contribution in [2.24, 2.45) is 4.99 Å². The Labute approximate surface area is 141 Å². The van der Waals surface area contributed by atoms with E-state index in [2.05, 4.69) is 4.99 Å². The average Bonchev–Trinajstić information content (AvgIpc) is 2.60. The Bertz CT molecular complexity index is 830. The van der Waals surface area contributed by atoms with Crippen LogP contribution in [0.2, 0.25) is 0 Å². The summed E-state index contributed by atoms with van der Waals surface area (Å²) in [6.45, 7) is 3.77. The third kappa shape index (κ3) is 3.82. The van der Waals surface area contributed by atoms with Crippen LogP contribution in [-0.4, -0.2) is 11.3 Å². The van der Waals surface area contributed by atoms with Gasteiger partial charge in [-0.3, -0.25) is 4.99 Å². The highest BCUT2D eigenvalue weighted by atomic mass is 16.5. The molecule has 3 heteroatoms. The van der Waals surface area contributed by atoms with Gasteiger partial charge < -0.3 is 9.84 Å². The van der Waals surface area contributed by atoms with Crippen LogP contribution < -0.4 is 4.74 Å². The lowest BCUT2D eigenvalue weighted by atomic mass is 10.1. The van der Waals surface area contributed by atoms with Crippen LogP contribution in [0.5, 0.6) is 17.2 Å². The van der Waals surface area contributed by atoms with Gasteiger partial charge in [-0.15, -0.1) is 0 Å². The van der Waals surface area contributed by atoms with Gasteiger partial charge in [0.1, 0.15) is 17.2 Å². The molecule has 3 nitrogen and oxygen atoms in total. The molecule has 0 aliphatic carbocycles. The SMILES string of the molecule is Cc1cc(C=Nc2ccc(Oc3ccccc3)cc2)cc(C)c1O. The van der Waals surface area contributed by atoms with Gasteiger partial charge in [0.05, 0.1) is 5.69 Å². The van der Waals surface area contributed by atoms with E-state index in [-0.39, 0.29) is 0 Å². The van der Waals surface area contributed by atoms with Crippen molar-refractivity contribution in [3.8, 4) is 17.2 Å². The summed E-state index contributed by atoms with van der Waals surface area (Å²) in [5.41, 5.74) is 3.51. The zero-order valence-electron chi connectivity index (χ0n) is 13.7. The summed E-state index contributed by atoms with van der Waals surface area (Å²) in [4.78, 5) is 4.47. The molecule has 0 atom stereocenters. The molecule has 0 radical (unpaired) electrons. The summed E-state index contributed by atoms with van der Waals surface area (Å²) in [5, 5.41) is 9.81. The maximum atomic E-state index is 9.81. The van der Waals surface area contributed by atoms with Gasteiger partial charge in [0, 0.05) is 6.21 Å². The fourth-order valence-corrected chi connectivity index (χ4v) is 2.44. The largest absolute Gasteiger partial charge is 0.507 e. The lowest BCUT2D eigenvalue weighted by molar-refractivity contribution is 0.467. The number of hydrogen-bond acceptors (Lipinski definition) is 3. The molecule has 3 rings (SSSR count). The van der Waals surface area contributed by atoms with Gasteiger partial charge in [-0.05, 0) is 79.1 Å². The first-order valence-electron chi connectivity index (χ1n) is 7.79. The van der Waals surface area contributed by atoms with E-state index in [1.165, 1.54) is 0 Å². The molecule has 120 valence electrons. The molecule has 0 saturated carbocycles. The number of benzene rings is 3. The topological polar surface area (TPSA) is 41.8 Å². The summed E-state index contributed by atoms with van der Waals surface area (Å²) >= 11 is 0. The minimum atomic E-state index is 0.342. The number of aromatic hydroxyl groups is 1. The Balaban J connectivity index is 1.72. The summed E-state index contributed by atoms with van der Waals surface area (Å²) in [6.07, 6.45) is 1.80. The second kappa shape index (κ2) is 7.01. The number of rotatable bonds is 4. The molecule has 0 spiro atoms. The minimum Gasteiger partial charge on any atom is -0.507 e. The second-order valence-corrected chi connectivity index (χ2v) is 5.67. The van der Waals surface area contributed by atoms with E-state index in [0.717, 1.165) is 33.9 Å². The maximum absolute atomic E-state index is 9.81. The smallest absolute Gasteiger partial charge is 0.127 e. The Morgan fingerprint density at radius 2 is 1.42 bits per heavy atom. The Hall–Kier alpha value is -3.07. The van der Waals surface area contributed by atoms with Crippen LogP contribution in [0.3, 0.4) is 0 Å². The Kier molecular flexibility index (Phi) is 4.62. The van der Waals surface area contributed by atoms with E-state index in [9.17, 15) is 5.11 Å². The fourth-order valence-electron chi connectivity index (χ4n) is 2.44. The molecule has 0 aromatic heterocycles. The van der Waals surface area contributed by atoms with Crippen molar-refractivity contribution < 1.29 is 9.84 Å². The number of para-hydroxylation sites is 1. The van der Waals surface area contributed by atoms with Crippen LogP contribution in [0.25, 0.3) is 0 Å². The highest BCUT2D eigenvalue weighted by molar-refractivity contribution is 5.83. The van der Waals surface area contributed by atoms with Crippen molar-refractivity contribution in [1.29, 1.82) is 0 Å². The number of phenolic OH excluding ortho intramolecular Hbond substituents is 1. The zero-order chi connectivity index (χ0) is 16.9. The van der Waals surface area contributed by atoms with Gasteiger partial charge in [-0.25, -0.2) is 0 Å². The van der Waals surface area contributed by atoms with Crippen LogP contribution in [0.15, 0.2) is 71.7 Å². The number of phenols is 1. The highest BCUT2D eigenvalue weighted by Gasteiger charge is 2.02. The van der Waals surface area contributed by atoms with Gasteiger partial charge in [-0.2, -0.15) is 0 Å². The fraction of sp³-hybridized carbons (Fsp3) is 0.0952. The molecular formula is C21H19NO2. The molecule has 0 aliphatic heterocycles. The van der Waals surface area contributed by atoms with E-state index >= 15 is 0 Å². The number of ether oxygens (including phenoxy) is 1. The first kappa shape index (κ1) is 15.8. The van der Waals surface area contributed by atoms with Gasteiger partial charge in [0.15, 0.2) is 0 Å². The van der Waals surface area contributed by atoms with Crippen LogP contribution in [0.1, 0.15) is 16.7 Å². The molecule has 3 aromatic rings. The first-order valence-corrected chi connectivity index (χ1v) is 7.79. The first-order chi connectivity index (χ1) is 11.6. The maximum Gasteiger partial charge on any atom is 0.127 e. The summed E-state index contributed by atoms with van der Waals surface area (Å²) < 4.78 is 5.76. The predicted molar refractivity (Wildman–Crippen MR) is 97.8 cm³/mol. The van der Waals surface area contributed by atoms with E-state index in [0.29, 0.717) is 5.75 Å². The lowest BCUT2D eigenvalue weighted by Gasteiger charge is -2.06. The molecule has 0 unspecified atom stereocenters. The molecule has 0 heterocycles. The average molecular weight is 317 g/mol. The molecule has 3 aromatic carbocycles. The van der Waals surface area contributed by atoms with Gasteiger partial charge >= 0.3 is 0 Å². The quantitative estimate of drug-likeness (QED) is 0.641.